The molecule has 1 aromatic rings. The Bertz CT molecular complexity index is 307. The zero-order valence-corrected chi connectivity index (χ0v) is 11.1. The van der Waals surface area contributed by atoms with Gasteiger partial charge in [-0.2, -0.15) is 0 Å². The summed E-state index contributed by atoms with van der Waals surface area (Å²) >= 11 is 0. The molecule has 0 aliphatic carbocycles. The molecule has 0 saturated carbocycles. The van der Waals surface area contributed by atoms with E-state index in [4.69, 9.17) is 0 Å². The van der Waals surface area contributed by atoms with Gasteiger partial charge in [-0.3, -0.25) is 0 Å². The highest BCUT2D eigenvalue weighted by Gasteiger charge is 2.17. The van der Waals surface area contributed by atoms with E-state index in [1.165, 1.54) is 57.3 Å². The van der Waals surface area contributed by atoms with Crippen LogP contribution in [0.25, 0.3) is 0 Å². The van der Waals surface area contributed by atoms with Gasteiger partial charge >= 0.3 is 0 Å². The number of piperidine rings is 1. The summed E-state index contributed by atoms with van der Waals surface area (Å²) in [5.74, 6) is 0.959. The predicted molar refractivity (Wildman–Crippen MR) is 74.2 cm³/mol. The fraction of sp³-hybridized carbons (Fsp3) is 0.625. The minimum atomic E-state index is 0.959. The van der Waals surface area contributed by atoms with Gasteiger partial charge in [0.05, 0.1) is 0 Å². The van der Waals surface area contributed by atoms with Crippen LogP contribution in [0.1, 0.15) is 38.2 Å². The Hall–Kier alpha value is -0.820. The lowest BCUT2D eigenvalue weighted by Gasteiger charge is -2.32. The summed E-state index contributed by atoms with van der Waals surface area (Å²) in [7, 11) is 0. The second-order valence-corrected chi connectivity index (χ2v) is 5.31. The number of rotatable bonds is 5. The van der Waals surface area contributed by atoms with Gasteiger partial charge in [-0.25, -0.2) is 0 Å². The average Bonchev–Trinajstić information content (AvgIpc) is 2.40. The van der Waals surface area contributed by atoms with Crippen LogP contribution in [0.5, 0.6) is 0 Å². The van der Waals surface area contributed by atoms with Gasteiger partial charge in [0.15, 0.2) is 0 Å². The summed E-state index contributed by atoms with van der Waals surface area (Å²) in [6.45, 7) is 6.28. The first-order chi connectivity index (χ1) is 8.38. The number of likely N-dealkylation sites (tertiary alicyclic amines) is 1. The molecular weight excluding hydrogens is 206 g/mol. The van der Waals surface area contributed by atoms with Crippen molar-refractivity contribution >= 4 is 0 Å². The molecule has 1 aliphatic heterocycles. The van der Waals surface area contributed by atoms with E-state index >= 15 is 0 Å². The molecule has 1 fully saturated rings. The average molecular weight is 231 g/mol. The molecular formula is C16H25N. The van der Waals surface area contributed by atoms with Crippen LogP contribution in [0.15, 0.2) is 30.3 Å². The third-order valence-corrected chi connectivity index (χ3v) is 3.96. The number of hydrogen-bond acceptors (Lipinski definition) is 1. The molecule has 1 heterocycles. The molecule has 1 unspecified atom stereocenters. The maximum Gasteiger partial charge on any atom is 0.000956 e. The summed E-state index contributed by atoms with van der Waals surface area (Å²) in [6.07, 6.45) is 6.75. The van der Waals surface area contributed by atoms with Gasteiger partial charge in [0, 0.05) is 6.54 Å². The number of hydrogen-bond donors (Lipinski definition) is 0. The Labute approximate surface area is 106 Å². The van der Waals surface area contributed by atoms with Gasteiger partial charge < -0.3 is 4.90 Å². The van der Waals surface area contributed by atoms with Gasteiger partial charge in [-0.1, -0.05) is 43.7 Å². The molecule has 0 aromatic heterocycles. The van der Waals surface area contributed by atoms with E-state index in [0.717, 1.165) is 5.92 Å². The van der Waals surface area contributed by atoms with E-state index in [2.05, 4.69) is 42.2 Å². The fourth-order valence-electron chi connectivity index (χ4n) is 2.84. The van der Waals surface area contributed by atoms with E-state index in [9.17, 15) is 0 Å². The first-order valence-electron chi connectivity index (χ1n) is 7.14. The maximum atomic E-state index is 2.67. The summed E-state index contributed by atoms with van der Waals surface area (Å²) in [6, 6.07) is 10.9. The fourth-order valence-corrected chi connectivity index (χ4v) is 2.84. The standard InChI is InChI=1S/C16H25N/c1-2-15-10-6-12-17(14-15)13-7-11-16-8-4-3-5-9-16/h3-5,8-9,15H,2,6-7,10-14H2,1H3. The molecule has 1 heteroatoms. The van der Waals surface area contributed by atoms with Crippen LogP contribution in [0.4, 0.5) is 0 Å². The Morgan fingerprint density at radius 2 is 2.06 bits per heavy atom. The molecule has 2 rings (SSSR count). The third-order valence-electron chi connectivity index (χ3n) is 3.96. The molecule has 0 amide bonds. The number of benzene rings is 1. The van der Waals surface area contributed by atoms with Crippen LogP contribution in [0, 0.1) is 5.92 Å². The molecule has 0 radical (unpaired) electrons. The van der Waals surface area contributed by atoms with Crippen molar-refractivity contribution in [2.24, 2.45) is 5.92 Å². The van der Waals surface area contributed by atoms with Crippen molar-refractivity contribution in [1.29, 1.82) is 0 Å². The summed E-state index contributed by atoms with van der Waals surface area (Å²) in [5, 5.41) is 0. The smallest absolute Gasteiger partial charge is 0.000956 e. The van der Waals surface area contributed by atoms with Gasteiger partial charge in [0.2, 0.25) is 0 Å². The highest BCUT2D eigenvalue weighted by Crippen LogP contribution is 2.19. The molecule has 1 saturated heterocycles. The topological polar surface area (TPSA) is 3.24 Å². The van der Waals surface area contributed by atoms with Crippen molar-refractivity contribution in [2.45, 2.75) is 39.0 Å². The van der Waals surface area contributed by atoms with Crippen LogP contribution in [0.3, 0.4) is 0 Å². The Kier molecular flexibility index (Phi) is 5.06. The van der Waals surface area contributed by atoms with Crippen LogP contribution < -0.4 is 0 Å². The van der Waals surface area contributed by atoms with E-state index in [1.807, 2.05) is 0 Å². The highest BCUT2D eigenvalue weighted by atomic mass is 15.1. The number of nitrogens with zero attached hydrogens (tertiary/aromatic N) is 1. The SMILES string of the molecule is CCC1CCCN(CCCc2ccccc2)C1. The quantitative estimate of drug-likeness (QED) is 0.746. The second-order valence-electron chi connectivity index (χ2n) is 5.31. The molecule has 94 valence electrons. The minimum Gasteiger partial charge on any atom is -0.303 e. The Morgan fingerprint density at radius 3 is 2.82 bits per heavy atom. The van der Waals surface area contributed by atoms with Crippen LogP contribution in [0.2, 0.25) is 0 Å². The lowest BCUT2D eigenvalue weighted by atomic mass is 9.95. The lowest BCUT2D eigenvalue weighted by Crippen LogP contribution is -2.35. The molecule has 0 N–H and O–H groups in total. The first kappa shape index (κ1) is 12.6. The molecule has 1 nitrogen and oxygen atoms in total. The van der Waals surface area contributed by atoms with Crippen molar-refractivity contribution < 1.29 is 0 Å². The molecule has 1 atom stereocenters. The highest BCUT2D eigenvalue weighted by molar-refractivity contribution is 5.14. The largest absolute Gasteiger partial charge is 0.303 e. The van der Waals surface area contributed by atoms with E-state index < -0.39 is 0 Å². The van der Waals surface area contributed by atoms with Gasteiger partial charge in [0.1, 0.15) is 0 Å². The summed E-state index contributed by atoms with van der Waals surface area (Å²) < 4.78 is 0. The normalized spacial score (nSPS) is 21.6. The molecule has 1 aliphatic rings. The van der Waals surface area contributed by atoms with E-state index in [0.29, 0.717) is 0 Å². The molecule has 0 bridgehead atoms. The summed E-state index contributed by atoms with van der Waals surface area (Å²) in [4.78, 5) is 2.67. The zero-order valence-electron chi connectivity index (χ0n) is 11.1. The van der Waals surface area contributed by atoms with Crippen molar-refractivity contribution in [3.63, 3.8) is 0 Å². The van der Waals surface area contributed by atoms with Crippen molar-refractivity contribution in [3.8, 4) is 0 Å². The zero-order chi connectivity index (χ0) is 11.9. The van der Waals surface area contributed by atoms with Gasteiger partial charge in [0.25, 0.3) is 0 Å². The van der Waals surface area contributed by atoms with Crippen LogP contribution in [-0.2, 0) is 6.42 Å². The lowest BCUT2D eigenvalue weighted by molar-refractivity contribution is 0.170. The van der Waals surface area contributed by atoms with Crippen LogP contribution >= 0.6 is 0 Å². The third kappa shape index (κ3) is 4.16. The Morgan fingerprint density at radius 1 is 1.24 bits per heavy atom. The second kappa shape index (κ2) is 6.80. The van der Waals surface area contributed by atoms with Gasteiger partial charge in [-0.05, 0) is 50.3 Å². The maximum absolute atomic E-state index is 2.67. The summed E-state index contributed by atoms with van der Waals surface area (Å²) in [5.41, 5.74) is 1.48. The minimum absolute atomic E-state index is 0.959. The molecule has 1 aromatic carbocycles. The van der Waals surface area contributed by atoms with E-state index in [-0.39, 0.29) is 0 Å². The monoisotopic (exact) mass is 231 g/mol. The van der Waals surface area contributed by atoms with Crippen molar-refractivity contribution in [3.05, 3.63) is 35.9 Å². The van der Waals surface area contributed by atoms with Crippen molar-refractivity contribution in [1.82, 2.24) is 4.90 Å². The van der Waals surface area contributed by atoms with Crippen molar-refractivity contribution in [2.75, 3.05) is 19.6 Å². The van der Waals surface area contributed by atoms with Crippen LogP contribution in [-0.4, -0.2) is 24.5 Å². The molecule has 0 spiro atoms. The Balaban J connectivity index is 1.68. The van der Waals surface area contributed by atoms with Gasteiger partial charge in [-0.15, -0.1) is 0 Å². The number of aryl methyl sites for hydroxylation is 1. The molecule has 17 heavy (non-hydrogen) atoms. The first-order valence-corrected chi connectivity index (χ1v) is 7.14. The van der Waals surface area contributed by atoms with E-state index in [1.54, 1.807) is 0 Å². The predicted octanol–water partition coefficient (Wildman–Crippen LogP) is 3.74.